The quantitative estimate of drug-likeness (QED) is 0.925. The van der Waals surface area contributed by atoms with Crippen LogP contribution in [0.2, 0.25) is 0 Å². The van der Waals surface area contributed by atoms with Crippen LogP contribution in [0.15, 0.2) is 36.7 Å². The monoisotopic (exact) mass is 331 g/mol. The summed E-state index contributed by atoms with van der Waals surface area (Å²) in [5.74, 6) is -0.866. The molecule has 0 aromatic carbocycles. The van der Waals surface area contributed by atoms with E-state index in [0.29, 0.717) is 23.5 Å². The van der Waals surface area contributed by atoms with Gasteiger partial charge in [0.05, 0.1) is 5.56 Å². The van der Waals surface area contributed by atoms with Gasteiger partial charge in [-0.15, -0.1) is 11.3 Å². The van der Waals surface area contributed by atoms with Crippen molar-refractivity contribution in [1.82, 2.24) is 14.8 Å². The number of carbonyl (C=O) groups excluding carboxylic acids is 1. The van der Waals surface area contributed by atoms with Gasteiger partial charge in [0, 0.05) is 50.0 Å². The van der Waals surface area contributed by atoms with E-state index in [2.05, 4.69) is 9.88 Å². The van der Waals surface area contributed by atoms with Crippen molar-refractivity contribution < 1.29 is 14.7 Å². The van der Waals surface area contributed by atoms with Crippen molar-refractivity contribution in [1.29, 1.82) is 0 Å². The summed E-state index contributed by atoms with van der Waals surface area (Å²) in [5, 5.41) is 8.96. The zero-order valence-electron chi connectivity index (χ0n) is 12.5. The highest BCUT2D eigenvalue weighted by atomic mass is 32.1. The largest absolute Gasteiger partial charge is 0.477 e. The lowest BCUT2D eigenvalue weighted by molar-refractivity contribution is 0.0628. The van der Waals surface area contributed by atoms with Gasteiger partial charge in [-0.3, -0.25) is 14.7 Å². The van der Waals surface area contributed by atoms with Crippen LogP contribution in [0.4, 0.5) is 0 Å². The molecule has 0 aliphatic carbocycles. The molecule has 1 aliphatic rings. The smallest absolute Gasteiger partial charge is 0.345 e. The summed E-state index contributed by atoms with van der Waals surface area (Å²) in [6.45, 7) is 3.64. The highest BCUT2D eigenvalue weighted by Gasteiger charge is 2.22. The summed E-state index contributed by atoms with van der Waals surface area (Å²) in [4.78, 5) is 32.7. The predicted molar refractivity (Wildman–Crippen MR) is 86.7 cm³/mol. The molecular formula is C16H17N3O3S. The Morgan fingerprint density at radius 1 is 1.17 bits per heavy atom. The molecule has 0 bridgehead atoms. The van der Waals surface area contributed by atoms with Gasteiger partial charge in [-0.2, -0.15) is 0 Å². The fraction of sp³-hybridized carbons (Fsp3) is 0.312. The predicted octanol–water partition coefficient (Wildman–Crippen LogP) is 1.80. The van der Waals surface area contributed by atoms with Gasteiger partial charge in [0.15, 0.2) is 0 Å². The minimum Gasteiger partial charge on any atom is -0.477 e. The van der Waals surface area contributed by atoms with Crippen molar-refractivity contribution in [3.63, 3.8) is 0 Å². The number of hydrogen-bond acceptors (Lipinski definition) is 5. The number of pyridine rings is 1. The summed E-state index contributed by atoms with van der Waals surface area (Å²) in [7, 11) is 0. The lowest BCUT2D eigenvalue weighted by atomic mass is 10.2. The van der Waals surface area contributed by atoms with Crippen molar-refractivity contribution in [2.45, 2.75) is 6.54 Å². The first-order valence-electron chi connectivity index (χ1n) is 7.37. The molecule has 2 aromatic heterocycles. The number of amides is 1. The maximum Gasteiger partial charge on any atom is 0.345 e. The molecule has 23 heavy (non-hydrogen) atoms. The summed E-state index contributed by atoms with van der Waals surface area (Å²) in [5.41, 5.74) is 0.616. The Morgan fingerprint density at radius 2 is 1.96 bits per heavy atom. The Hall–Kier alpha value is -2.25. The number of rotatable bonds is 4. The molecule has 0 atom stereocenters. The summed E-state index contributed by atoms with van der Waals surface area (Å²) in [6, 6.07) is 7.05. The number of nitrogens with zero attached hydrogens (tertiary/aromatic N) is 3. The second-order valence-electron chi connectivity index (χ2n) is 5.38. The van der Waals surface area contributed by atoms with Crippen LogP contribution in [0.3, 0.4) is 0 Å². The van der Waals surface area contributed by atoms with Crippen molar-refractivity contribution in [3.05, 3.63) is 52.0 Å². The third kappa shape index (κ3) is 3.75. The minimum atomic E-state index is -0.881. The van der Waals surface area contributed by atoms with Crippen molar-refractivity contribution in [3.8, 4) is 0 Å². The number of carbonyl (C=O) groups is 2. The Balaban J connectivity index is 1.54. The number of carboxylic acids is 1. The molecule has 0 unspecified atom stereocenters. The SMILES string of the molecule is O=C(O)c1ccc(CN2CCN(C(=O)c3cccnc3)CC2)s1. The third-order valence-electron chi connectivity index (χ3n) is 3.82. The first kappa shape index (κ1) is 15.6. The second kappa shape index (κ2) is 6.89. The van der Waals surface area contributed by atoms with E-state index in [4.69, 9.17) is 5.11 Å². The molecule has 120 valence electrons. The molecular weight excluding hydrogens is 314 g/mol. The molecule has 1 fully saturated rings. The first-order chi connectivity index (χ1) is 11.1. The number of piperazine rings is 1. The average Bonchev–Trinajstić information content (AvgIpc) is 3.04. The minimum absolute atomic E-state index is 0.0158. The number of carboxylic acid groups (broad SMARTS) is 1. The molecule has 1 saturated heterocycles. The number of thiophene rings is 1. The topological polar surface area (TPSA) is 73.7 Å². The molecule has 3 heterocycles. The molecule has 1 aliphatic heterocycles. The van der Waals surface area contributed by atoms with Gasteiger partial charge < -0.3 is 10.0 Å². The lowest BCUT2D eigenvalue weighted by Gasteiger charge is -2.34. The Kier molecular flexibility index (Phi) is 4.68. The van der Waals surface area contributed by atoms with E-state index in [-0.39, 0.29) is 5.91 Å². The fourth-order valence-electron chi connectivity index (χ4n) is 2.58. The van der Waals surface area contributed by atoms with Crippen LogP contribution in [0, 0.1) is 0 Å². The fourth-order valence-corrected chi connectivity index (χ4v) is 3.47. The van der Waals surface area contributed by atoms with Crippen molar-refractivity contribution in [2.24, 2.45) is 0 Å². The average molecular weight is 331 g/mol. The van der Waals surface area contributed by atoms with Crippen molar-refractivity contribution >= 4 is 23.2 Å². The molecule has 2 aromatic rings. The highest BCUT2D eigenvalue weighted by Crippen LogP contribution is 2.19. The molecule has 0 radical (unpaired) electrons. The van der Waals surface area contributed by atoms with E-state index in [1.165, 1.54) is 11.3 Å². The van der Waals surface area contributed by atoms with Gasteiger partial charge in [0.2, 0.25) is 0 Å². The van der Waals surface area contributed by atoms with Crippen LogP contribution in [-0.4, -0.2) is 57.9 Å². The highest BCUT2D eigenvalue weighted by molar-refractivity contribution is 7.13. The molecule has 0 saturated carbocycles. The van der Waals surface area contributed by atoms with E-state index in [1.54, 1.807) is 30.6 Å². The van der Waals surface area contributed by atoms with E-state index in [9.17, 15) is 9.59 Å². The maximum atomic E-state index is 12.3. The van der Waals surface area contributed by atoms with Gasteiger partial charge >= 0.3 is 5.97 Å². The number of hydrogen-bond donors (Lipinski definition) is 1. The van der Waals surface area contributed by atoms with Crippen LogP contribution in [-0.2, 0) is 6.54 Å². The molecule has 1 amide bonds. The lowest BCUT2D eigenvalue weighted by Crippen LogP contribution is -2.48. The maximum absolute atomic E-state index is 12.3. The Morgan fingerprint density at radius 3 is 2.57 bits per heavy atom. The van der Waals surface area contributed by atoms with E-state index >= 15 is 0 Å². The van der Waals surface area contributed by atoms with Gasteiger partial charge in [-0.1, -0.05) is 0 Å². The van der Waals surface area contributed by atoms with E-state index in [0.717, 1.165) is 24.5 Å². The Bertz CT molecular complexity index is 694. The summed E-state index contributed by atoms with van der Waals surface area (Å²) < 4.78 is 0. The summed E-state index contributed by atoms with van der Waals surface area (Å²) in [6.07, 6.45) is 3.24. The van der Waals surface area contributed by atoms with Gasteiger partial charge in [-0.25, -0.2) is 4.79 Å². The third-order valence-corrected chi connectivity index (χ3v) is 4.88. The van der Waals surface area contributed by atoms with Crippen LogP contribution in [0.25, 0.3) is 0 Å². The van der Waals surface area contributed by atoms with Crippen LogP contribution >= 0.6 is 11.3 Å². The molecule has 0 spiro atoms. The summed E-state index contributed by atoms with van der Waals surface area (Å²) >= 11 is 1.31. The zero-order chi connectivity index (χ0) is 16.2. The molecule has 1 N–H and O–H groups in total. The molecule has 3 rings (SSSR count). The van der Waals surface area contributed by atoms with Gasteiger partial charge in [-0.05, 0) is 24.3 Å². The standard InChI is InChI=1S/C16H17N3O3S/c20-15(12-2-1-5-17-10-12)19-8-6-18(7-9-19)11-13-3-4-14(23-13)16(21)22/h1-5,10H,6-9,11H2,(H,21,22). The Labute approximate surface area is 138 Å². The number of aromatic nitrogens is 1. The zero-order valence-corrected chi connectivity index (χ0v) is 13.3. The van der Waals surface area contributed by atoms with E-state index in [1.807, 2.05) is 11.0 Å². The van der Waals surface area contributed by atoms with Crippen LogP contribution in [0.1, 0.15) is 24.9 Å². The number of aromatic carboxylic acids is 1. The van der Waals surface area contributed by atoms with Gasteiger partial charge in [0.1, 0.15) is 4.88 Å². The normalized spacial score (nSPS) is 15.6. The second-order valence-corrected chi connectivity index (χ2v) is 6.55. The van der Waals surface area contributed by atoms with E-state index < -0.39 is 5.97 Å². The van der Waals surface area contributed by atoms with Crippen LogP contribution < -0.4 is 0 Å². The molecule has 7 heteroatoms. The van der Waals surface area contributed by atoms with Crippen LogP contribution in [0.5, 0.6) is 0 Å². The first-order valence-corrected chi connectivity index (χ1v) is 8.19. The van der Waals surface area contributed by atoms with Crippen molar-refractivity contribution in [2.75, 3.05) is 26.2 Å². The molecule has 6 nitrogen and oxygen atoms in total. The van der Waals surface area contributed by atoms with Gasteiger partial charge in [0.25, 0.3) is 5.91 Å².